The molecule has 0 nitrogen and oxygen atoms in total. The lowest BCUT2D eigenvalue weighted by Gasteiger charge is -2.32. The maximum Gasteiger partial charge on any atom is 0.242 e. The highest BCUT2D eigenvalue weighted by Crippen LogP contribution is 2.30. The van der Waals surface area contributed by atoms with Gasteiger partial charge in [0.15, 0.2) is 0 Å². The molecule has 0 unspecified atom stereocenters. The van der Waals surface area contributed by atoms with Gasteiger partial charge in [-0.05, 0) is 68.9 Å². The van der Waals surface area contributed by atoms with Crippen molar-refractivity contribution in [2.75, 3.05) is 0 Å². The molecule has 0 saturated carbocycles. The Morgan fingerprint density at radius 3 is 0.946 bits per heavy atom. The molecule has 0 atom stereocenters. The first-order chi connectivity index (χ1) is 17.3. The van der Waals surface area contributed by atoms with Crippen LogP contribution in [0.15, 0.2) is 54.6 Å². The molecule has 0 heterocycles. The lowest BCUT2D eigenvalue weighted by atomic mass is 9.33. The predicted octanol–water partition coefficient (Wildman–Crippen LogP) is 8.94. The second-order valence-corrected chi connectivity index (χ2v) is 13.0. The van der Waals surface area contributed by atoms with E-state index in [0.717, 1.165) is 0 Å². The molecule has 0 aliphatic rings. The summed E-state index contributed by atoms with van der Waals surface area (Å²) in [7, 11) is 0. The van der Waals surface area contributed by atoms with E-state index in [1.165, 1.54) is 38.8 Å². The summed E-state index contributed by atoms with van der Waals surface area (Å²) >= 11 is 0. The molecular weight excluding hydrogens is 443 g/mol. The molecule has 0 N–H and O–H groups in total. The average molecular weight is 495 g/mol. The Morgan fingerprint density at radius 1 is 0.405 bits per heavy atom. The summed E-state index contributed by atoms with van der Waals surface area (Å²) in [4.78, 5) is 0. The maximum absolute atomic E-state index is 2.53. The highest BCUT2D eigenvalue weighted by atomic mass is 14.2. The van der Waals surface area contributed by atoms with E-state index in [2.05, 4.69) is 138 Å². The third-order valence-electron chi connectivity index (χ3n) is 8.06. The van der Waals surface area contributed by atoms with Crippen LogP contribution in [0.1, 0.15) is 152 Å². The van der Waals surface area contributed by atoms with Gasteiger partial charge in [-0.2, -0.15) is 0 Å². The SMILES string of the molecule is CC(C)c1cc(C(C)C)c(B(c2ccccc2)c2c(C(C)C)cc(C(C)C)cc2C(C)C)c(C(C)C)c1. The van der Waals surface area contributed by atoms with Gasteiger partial charge in [0.1, 0.15) is 0 Å². The summed E-state index contributed by atoms with van der Waals surface area (Å²) in [5, 5.41) is 0. The summed E-state index contributed by atoms with van der Waals surface area (Å²) in [6.07, 6.45) is 0. The summed E-state index contributed by atoms with van der Waals surface area (Å²) in [6.45, 7) is 28.6. The van der Waals surface area contributed by atoms with Crippen LogP contribution in [-0.2, 0) is 0 Å². The third kappa shape index (κ3) is 6.24. The molecule has 0 saturated heterocycles. The van der Waals surface area contributed by atoms with Gasteiger partial charge in [0.25, 0.3) is 0 Å². The van der Waals surface area contributed by atoms with E-state index in [0.29, 0.717) is 35.5 Å². The minimum Gasteiger partial charge on any atom is -0.0686 e. The van der Waals surface area contributed by atoms with Crippen LogP contribution >= 0.6 is 0 Å². The summed E-state index contributed by atoms with van der Waals surface area (Å²) < 4.78 is 0. The van der Waals surface area contributed by atoms with E-state index in [1.54, 1.807) is 10.9 Å². The van der Waals surface area contributed by atoms with Gasteiger partial charge in [-0.1, -0.05) is 154 Å². The van der Waals surface area contributed by atoms with E-state index in [1.807, 2.05) is 0 Å². The van der Waals surface area contributed by atoms with Crippen LogP contribution in [0.4, 0.5) is 0 Å². The standard InChI is InChI=1S/C36H51B/c1-22(2)28-18-31(24(5)6)35(32(19-28)25(7)8)37(30-16-14-13-15-17-30)36-33(26(9)10)20-29(23(3)4)21-34(36)27(11)12/h13-27H,1-12H3. The van der Waals surface area contributed by atoms with Crippen LogP contribution in [0.25, 0.3) is 0 Å². The van der Waals surface area contributed by atoms with Crippen LogP contribution in [0.2, 0.25) is 0 Å². The second kappa shape index (κ2) is 12.1. The van der Waals surface area contributed by atoms with E-state index in [4.69, 9.17) is 0 Å². The maximum atomic E-state index is 2.53. The normalized spacial score (nSPS) is 12.2. The van der Waals surface area contributed by atoms with Crippen LogP contribution in [0, 0.1) is 0 Å². The van der Waals surface area contributed by atoms with Gasteiger partial charge < -0.3 is 0 Å². The lowest BCUT2D eigenvalue weighted by Crippen LogP contribution is -2.57. The minimum atomic E-state index is 0.216. The Kier molecular flexibility index (Phi) is 9.54. The van der Waals surface area contributed by atoms with Crippen molar-refractivity contribution in [1.82, 2.24) is 0 Å². The fourth-order valence-corrected chi connectivity index (χ4v) is 5.81. The molecule has 0 aliphatic carbocycles. The Hall–Kier alpha value is -2.28. The summed E-state index contributed by atoms with van der Waals surface area (Å²) in [5.74, 6) is 2.85. The first-order valence-corrected chi connectivity index (χ1v) is 14.7. The van der Waals surface area contributed by atoms with Crippen molar-refractivity contribution in [2.24, 2.45) is 0 Å². The van der Waals surface area contributed by atoms with E-state index in [9.17, 15) is 0 Å². The fraction of sp³-hybridized carbons (Fsp3) is 0.500. The van der Waals surface area contributed by atoms with Crippen LogP contribution in [0.3, 0.4) is 0 Å². The Balaban J connectivity index is 2.58. The number of rotatable bonds is 9. The van der Waals surface area contributed by atoms with Gasteiger partial charge in [-0.15, -0.1) is 0 Å². The molecule has 0 bridgehead atoms. The molecule has 3 rings (SSSR count). The second-order valence-electron chi connectivity index (χ2n) is 13.0. The zero-order valence-corrected chi connectivity index (χ0v) is 25.7. The quantitative estimate of drug-likeness (QED) is 0.261. The van der Waals surface area contributed by atoms with Gasteiger partial charge in [0, 0.05) is 0 Å². The molecule has 3 aromatic carbocycles. The van der Waals surface area contributed by atoms with Gasteiger partial charge in [0.2, 0.25) is 6.71 Å². The van der Waals surface area contributed by atoms with Crippen molar-refractivity contribution >= 4 is 23.1 Å². The lowest BCUT2D eigenvalue weighted by molar-refractivity contribution is 0.809. The van der Waals surface area contributed by atoms with Crippen molar-refractivity contribution in [2.45, 2.75) is 119 Å². The highest BCUT2D eigenvalue weighted by molar-refractivity contribution is 6.96. The first-order valence-electron chi connectivity index (χ1n) is 14.7. The Bertz CT molecular complexity index is 1050. The van der Waals surface area contributed by atoms with Crippen LogP contribution < -0.4 is 16.4 Å². The molecule has 198 valence electrons. The van der Waals surface area contributed by atoms with Gasteiger partial charge >= 0.3 is 0 Å². The number of benzene rings is 3. The molecule has 0 radical (unpaired) electrons. The van der Waals surface area contributed by atoms with Crippen LogP contribution in [0.5, 0.6) is 0 Å². The highest BCUT2D eigenvalue weighted by Gasteiger charge is 2.34. The van der Waals surface area contributed by atoms with E-state index >= 15 is 0 Å². The molecule has 1 heteroatoms. The molecule has 0 aromatic heterocycles. The van der Waals surface area contributed by atoms with Gasteiger partial charge in [0.05, 0.1) is 0 Å². The smallest absolute Gasteiger partial charge is 0.0686 e. The topological polar surface area (TPSA) is 0 Å². The predicted molar refractivity (Wildman–Crippen MR) is 169 cm³/mol. The van der Waals surface area contributed by atoms with Crippen molar-refractivity contribution in [3.8, 4) is 0 Å². The zero-order chi connectivity index (χ0) is 27.6. The van der Waals surface area contributed by atoms with Gasteiger partial charge in [-0.25, -0.2) is 0 Å². The van der Waals surface area contributed by atoms with E-state index in [-0.39, 0.29) is 6.71 Å². The molecule has 0 amide bonds. The number of hydrogen-bond acceptors (Lipinski definition) is 0. The van der Waals surface area contributed by atoms with E-state index < -0.39 is 0 Å². The average Bonchev–Trinajstić information content (AvgIpc) is 2.83. The molecule has 37 heavy (non-hydrogen) atoms. The minimum absolute atomic E-state index is 0.216. The van der Waals surface area contributed by atoms with Crippen molar-refractivity contribution in [1.29, 1.82) is 0 Å². The summed E-state index contributed by atoms with van der Waals surface area (Å²) in [6, 6.07) is 21.4. The monoisotopic (exact) mass is 494 g/mol. The molecular formula is C36H51B. The van der Waals surface area contributed by atoms with Crippen molar-refractivity contribution in [3.05, 3.63) is 88.0 Å². The molecule has 0 spiro atoms. The third-order valence-corrected chi connectivity index (χ3v) is 8.06. The van der Waals surface area contributed by atoms with Crippen molar-refractivity contribution in [3.63, 3.8) is 0 Å². The zero-order valence-electron chi connectivity index (χ0n) is 25.7. The fourth-order valence-electron chi connectivity index (χ4n) is 5.81. The van der Waals surface area contributed by atoms with Crippen molar-refractivity contribution < 1.29 is 0 Å². The van der Waals surface area contributed by atoms with Crippen LogP contribution in [-0.4, -0.2) is 6.71 Å². The molecule has 0 aliphatic heterocycles. The molecule has 0 fully saturated rings. The van der Waals surface area contributed by atoms with Gasteiger partial charge in [-0.3, -0.25) is 0 Å². The Morgan fingerprint density at radius 2 is 0.703 bits per heavy atom. The Labute approximate surface area is 229 Å². The number of hydrogen-bond donors (Lipinski definition) is 0. The summed E-state index contributed by atoms with van der Waals surface area (Å²) in [5.41, 5.74) is 13.5. The first kappa shape index (κ1) is 29.3. The largest absolute Gasteiger partial charge is 0.242 e. The molecule has 3 aromatic rings.